The molecular formula is C20H27N5O. The number of carbonyl (C=O) groups is 1. The van der Waals surface area contributed by atoms with Gasteiger partial charge in [0.2, 0.25) is 5.91 Å². The lowest BCUT2D eigenvalue weighted by Crippen LogP contribution is -2.48. The maximum absolute atomic E-state index is 11.5. The molecule has 1 saturated heterocycles. The van der Waals surface area contributed by atoms with Crippen LogP contribution in [0.15, 0.2) is 30.3 Å². The standard InChI is InChI=1S/C20H27N5O/c1-14(2)17-7-5-6-8-18(17)23-19-13-20(22-15(3)21-19)25-11-9-24(10-12-25)16(4)26/h5-8,13-14H,9-12H2,1-4H3,(H,21,22,23). The van der Waals surface area contributed by atoms with Gasteiger partial charge in [-0.3, -0.25) is 4.79 Å². The lowest BCUT2D eigenvalue weighted by atomic mass is 10.0. The van der Waals surface area contributed by atoms with Crippen LogP contribution in [0, 0.1) is 6.92 Å². The minimum absolute atomic E-state index is 0.135. The quantitative estimate of drug-likeness (QED) is 0.914. The first-order valence-corrected chi connectivity index (χ1v) is 9.16. The molecule has 0 aliphatic carbocycles. The predicted molar refractivity (Wildman–Crippen MR) is 105 cm³/mol. The van der Waals surface area contributed by atoms with Crippen molar-refractivity contribution in [1.82, 2.24) is 14.9 Å². The van der Waals surface area contributed by atoms with E-state index >= 15 is 0 Å². The third-order valence-electron chi connectivity index (χ3n) is 4.72. The first kappa shape index (κ1) is 18.2. The van der Waals surface area contributed by atoms with Gasteiger partial charge in [-0.25, -0.2) is 9.97 Å². The molecule has 3 rings (SSSR count). The summed E-state index contributed by atoms with van der Waals surface area (Å²) in [4.78, 5) is 24.8. The van der Waals surface area contributed by atoms with E-state index < -0.39 is 0 Å². The molecule has 1 N–H and O–H groups in total. The molecule has 2 aromatic rings. The normalized spacial score (nSPS) is 14.7. The van der Waals surface area contributed by atoms with Gasteiger partial charge in [-0.1, -0.05) is 32.0 Å². The number of benzene rings is 1. The molecule has 1 aliphatic heterocycles. The Labute approximate surface area is 155 Å². The van der Waals surface area contributed by atoms with E-state index in [1.807, 2.05) is 24.0 Å². The molecule has 0 atom stereocenters. The number of para-hydroxylation sites is 1. The second-order valence-electron chi connectivity index (χ2n) is 7.02. The second kappa shape index (κ2) is 7.72. The van der Waals surface area contributed by atoms with Crippen LogP contribution in [0.25, 0.3) is 0 Å². The van der Waals surface area contributed by atoms with Crippen LogP contribution in [0.4, 0.5) is 17.3 Å². The molecule has 26 heavy (non-hydrogen) atoms. The van der Waals surface area contributed by atoms with E-state index in [1.54, 1.807) is 6.92 Å². The second-order valence-corrected chi connectivity index (χ2v) is 7.02. The van der Waals surface area contributed by atoms with Crippen molar-refractivity contribution in [2.75, 3.05) is 36.4 Å². The summed E-state index contributed by atoms with van der Waals surface area (Å²) in [7, 11) is 0. The predicted octanol–water partition coefficient (Wildman–Crippen LogP) is 3.32. The summed E-state index contributed by atoms with van der Waals surface area (Å²) in [6.07, 6.45) is 0. The molecule has 6 heteroatoms. The lowest BCUT2D eigenvalue weighted by molar-refractivity contribution is -0.129. The minimum atomic E-state index is 0.135. The molecule has 2 heterocycles. The van der Waals surface area contributed by atoms with Gasteiger partial charge >= 0.3 is 0 Å². The lowest BCUT2D eigenvalue weighted by Gasteiger charge is -2.35. The molecule has 6 nitrogen and oxygen atoms in total. The summed E-state index contributed by atoms with van der Waals surface area (Å²) in [6.45, 7) is 11.0. The number of hydrogen-bond acceptors (Lipinski definition) is 5. The topological polar surface area (TPSA) is 61.4 Å². The molecule has 1 aromatic carbocycles. The van der Waals surface area contributed by atoms with E-state index in [4.69, 9.17) is 0 Å². The molecule has 1 fully saturated rings. The third-order valence-corrected chi connectivity index (χ3v) is 4.72. The van der Waals surface area contributed by atoms with Gasteiger partial charge in [0.15, 0.2) is 0 Å². The highest BCUT2D eigenvalue weighted by molar-refractivity contribution is 5.73. The molecule has 1 aliphatic rings. The maximum Gasteiger partial charge on any atom is 0.219 e. The van der Waals surface area contributed by atoms with Gasteiger partial charge in [-0.2, -0.15) is 0 Å². The average molecular weight is 353 g/mol. The van der Waals surface area contributed by atoms with E-state index in [-0.39, 0.29) is 5.91 Å². The zero-order valence-electron chi connectivity index (χ0n) is 16.0. The van der Waals surface area contributed by atoms with E-state index in [1.165, 1.54) is 5.56 Å². The largest absolute Gasteiger partial charge is 0.353 e. The Hall–Kier alpha value is -2.63. The van der Waals surface area contributed by atoms with Crippen molar-refractivity contribution in [3.63, 3.8) is 0 Å². The summed E-state index contributed by atoms with van der Waals surface area (Å²) in [6, 6.07) is 10.3. The number of piperazine rings is 1. The van der Waals surface area contributed by atoms with Crippen molar-refractivity contribution in [3.8, 4) is 0 Å². The smallest absolute Gasteiger partial charge is 0.219 e. The van der Waals surface area contributed by atoms with Crippen LogP contribution in [-0.2, 0) is 4.79 Å². The first-order chi connectivity index (χ1) is 12.4. The molecular weight excluding hydrogens is 326 g/mol. The number of carbonyl (C=O) groups excluding carboxylic acids is 1. The molecule has 0 unspecified atom stereocenters. The van der Waals surface area contributed by atoms with Gasteiger partial charge in [-0.05, 0) is 24.5 Å². The molecule has 138 valence electrons. The molecule has 1 aromatic heterocycles. The van der Waals surface area contributed by atoms with E-state index in [0.29, 0.717) is 5.92 Å². The van der Waals surface area contributed by atoms with Crippen molar-refractivity contribution in [2.45, 2.75) is 33.6 Å². The number of nitrogens with zero attached hydrogens (tertiary/aromatic N) is 4. The number of nitrogens with one attached hydrogen (secondary N) is 1. The number of hydrogen-bond donors (Lipinski definition) is 1. The van der Waals surface area contributed by atoms with Gasteiger partial charge in [0.25, 0.3) is 0 Å². The number of anilines is 3. The van der Waals surface area contributed by atoms with Crippen LogP contribution < -0.4 is 10.2 Å². The Morgan fingerprint density at radius 2 is 1.81 bits per heavy atom. The van der Waals surface area contributed by atoms with Crippen molar-refractivity contribution in [2.24, 2.45) is 0 Å². The summed E-state index contributed by atoms with van der Waals surface area (Å²) in [5.41, 5.74) is 2.34. The Morgan fingerprint density at radius 1 is 1.12 bits per heavy atom. The third kappa shape index (κ3) is 4.12. The highest BCUT2D eigenvalue weighted by atomic mass is 16.2. The molecule has 0 spiro atoms. The Kier molecular flexibility index (Phi) is 5.40. The SMILES string of the molecule is CC(=O)N1CCN(c2cc(Nc3ccccc3C(C)C)nc(C)n2)CC1. The highest BCUT2D eigenvalue weighted by Gasteiger charge is 2.20. The fraction of sp³-hybridized carbons (Fsp3) is 0.450. The highest BCUT2D eigenvalue weighted by Crippen LogP contribution is 2.27. The monoisotopic (exact) mass is 353 g/mol. The molecule has 1 amide bonds. The van der Waals surface area contributed by atoms with Crippen LogP contribution in [0.1, 0.15) is 38.1 Å². The van der Waals surface area contributed by atoms with Crippen molar-refractivity contribution < 1.29 is 4.79 Å². The first-order valence-electron chi connectivity index (χ1n) is 9.16. The van der Waals surface area contributed by atoms with Gasteiger partial charge in [0, 0.05) is 44.9 Å². The van der Waals surface area contributed by atoms with Gasteiger partial charge in [-0.15, -0.1) is 0 Å². The Bertz CT molecular complexity index is 782. The maximum atomic E-state index is 11.5. The fourth-order valence-corrected chi connectivity index (χ4v) is 3.28. The summed E-state index contributed by atoms with van der Waals surface area (Å²) >= 11 is 0. The zero-order chi connectivity index (χ0) is 18.7. The minimum Gasteiger partial charge on any atom is -0.353 e. The number of amides is 1. The number of rotatable bonds is 4. The summed E-state index contributed by atoms with van der Waals surface area (Å²) < 4.78 is 0. The fourth-order valence-electron chi connectivity index (χ4n) is 3.28. The van der Waals surface area contributed by atoms with Crippen LogP contribution in [0.2, 0.25) is 0 Å². The average Bonchev–Trinajstić information content (AvgIpc) is 2.61. The van der Waals surface area contributed by atoms with Crippen LogP contribution in [0.5, 0.6) is 0 Å². The van der Waals surface area contributed by atoms with Gasteiger partial charge < -0.3 is 15.1 Å². The number of aryl methyl sites for hydroxylation is 1. The summed E-state index contributed by atoms with van der Waals surface area (Å²) in [5.74, 6) is 3.01. The van der Waals surface area contributed by atoms with Gasteiger partial charge in [0.05, 0.1) is 0 Å². The van der Waals surface area contributed by atoms with E-state index in [9.17, 15) is 4.79 Å². The molecule has 0 saturated carbocycles. The molecule has 0 bridgehead atoms. The van der Waals surface area contributed by atoms with E-state index in [0.717, 1.165) is 49.3 Å². The summed E-state index contributed by atoms with van der Waals surface area (Å²) in [5, 5.41) is 3.46. The Morgan fingerprint density at radius 3 is 2.46 bits per heavy atom. The van der Waals surface area contributed by atoms with Crippen molar-refractivity contribution in [1.29, 1.82) is 0 Å². The zero-order valence-corrected chi connectivity index (χ0v) is 16.0. The molecule has 0 radical (unpaired) electrons. The van der Waals surface area contributed by atoms with E-state index in [2.05, 4.69) is 52.2 Å². The van der Waals surface area contributed by atoms with Crippen molar-refractivity contribution >= 4 is 23.2 Å². The van der Waals surface area contributed by atoms with Crippen LogP contribution in [-0.4, -0.2) is 47.0 Å². The Balaban J connectivity index is 1.80. The van der Waals surface area contributed by atoms with Crippen molar-refractivity contribution in [3.05, 3.63) is 41.7 Å². The van der Waals surface area contributed by atoms with Gasteiger partial charge in [0.1, 0.15) is 17.5 Å². The number of aromatic nitrogens is 2. The van der Waals surface area contributed by atoms with Crippen LogP contribution in [0.3, 0.4) is 0 Å². The van der Waals surface area contributed by atoms with Crippen LogP contribution >= 0.6 is 0 Å².